The molecule has 19 heavy (non-hydrogen) atoms. The van der Waals surface area contributed by atoms with Crippen molar-refractivity contribution >= 4 is 0 Å². The molecule has 1 heterocycles. The number of hydrogen-bond donors (Lipinski definition) is 1. The Kier molecular flexibility index (Phi) is 3.64. The molecule has 2 atom stereocenters. The van der Waals surface area contributed by atoms with Gasteiger partial charge in [-0.2, -0.15) is 0 Å². The van der Waals surface area contributed by atoms with Crippen LogP contribution in [0.15, 0.2) is 30.3 Å². The first-order valence-corrected chi connectivity index (χ1v) is 7.77. The topological polar surface area (TPSA) is 15.3 Å². The van der Waals surface area contributed by atoms with Gasteiger partial charge in [0.05, 0.1) is 0 Å². The zero-order chi connectivity index (χ0) is 13.3. The van der Waals surface area contributed by atoms with Gasteiger partial charge in [-0.1, -0.05) is 43.7 Å². The molecule has 1 aromatic rings. The molecule has 0 amide bonds. The fraction of sp³-hybridized carbons (Fsp3) is 0.647. The molecule has 1 saturated heterocycles. The summed E-state index contributed by atoms with van der Waals surface area (Å²) in [5, 5.41) is 3.79. The Morgan fingerprint density at radius 1 is 1.26 bits per heavy atom. The van der Waals surface area contributed by atoms with Crippen LogP contribution >= 0.6 is 0 Å². The second-order valence-corrected chi connectivity index (χ2v) is 6.48. The van der Waals surface area contributed by atoms with Gasteiger partial charge in [-0.25, -0.2) is 0 Å². The van der Waals surface area contributed by atoms with Gasteiger partial charge in [0.1, 0.15) is 0 Å². The average Bonchev–Trinajstić information content (AvgIpc) is 2.38. The van der Waals surface area contributed by atoms with Gasteiger partial charge < -0.3 is 5.32 Å². The summed E-state index contributed by atoms with van der Waals surface area (Å²) in [5.41, 5.74) is 1.76. The maximum Gasteiger partial charge on any atom is 0.0476 e. The number of rotatable bonds is 3. The van der Waals surface area contributed by atoms with E-state index in [9.17, 15) is 0 Å². The molecule has 0 aromatic heterocycles. The van der Waals surface area contributed by atoms with Gasteiger partial charge in [-0.3, -0.25) is 4.90 Å². The number of piperazine rings is 1. The van der Waals surface area contributed by atoms with Crippen molar-refractivity contribution in [2.45, 2.75) is 57.2 Å². The fourth-order valence-corrected chi connectivity index (χ4v) is 3.35. The molecule has 2 fully saturated rings. The first kappa shape index (κ1) is 13.1. The molecule has 1 N–H and O–H groups in total. The van der Waals surface area contributed by atoms with E-state index in [-0.39, 0.29) is 0 Å². The van der Waals surface area contributed by atoms with E-state index in [4.69, 9.17) is 0 Å². The number of nitrogens with one attached hydrogen (secondary N) is 1. The van der Waals surface area contributed by atoms with E-state index in [0.717, 1.165) is 12.6 Å². The van der Waals surface area contributed by atoms with E-state index < -0.39 is 0 Å². The summed E-state index contributed by atoms with van der Waals surface area (Å²) in [4.78, 5) is 2.78. The van der Waals surface area contributed by atoms with Crippen molar-refractivity contribution in [2.24, 2.45) is 0 Å². The monoisotopic (exact) mass is 258 g/mol. The van der Waals surface area contributed by atoms with Crippen molar-refractivity contribution in [2.75, 3.05) is 13.1 Å². The van der Waals surface area contributed by atoms with Crippen LogP contribution in [0.4, 0.5) is 0 Å². The van der Waals surface area contributed by atoms with Crippen molar-refractivity contribution in [3.8, 4) is 0 Å². The molecule has 3 rings (SSSR count). The van der Waals surface area contributed by atoms with Crippen molar-refractivity contribution in [3.05, 3.63) is 35.9 Å². The summed E-state index contributed by atoms with van der Waals surface area (Å²) in [5.74, 6) is 0. The van der Waals surface area contributed by atoms with E-state index in [0.29, 0.717) is 11.6 Å². The van der Waals surface area contributed by atoms with Crippen molar-refractivity contribution < 1.29 is 0 Å². The van der Waals surface area contributed by atoms with Crippen molar-refractivity contribution in [1.82, 2.24) is 10.2 Å². The molecule has 0 spiro atoms. The average molecular weight is 258 g/mol. The third-order valence-corrected chi connectivity index (χ3v) is 5.16. The third-order valence-electron chi connectivity index (χ3n) is 5.16. The van der Waals surface area contributed by atoms with Crippen LogP contribution in [0.3, 0.4) is 0 Å². The van der Waals surface area contributed by atoms with Crippen LogP contribution in [0.25, 0.3) is 0 Å². The molecule has 0 radical (unpaired) electrons. The highest BCUT2D eigenvalue weighted by atomic mass is 15.3. The maximum atomic E-state index is 3.79. The summed E-state index contributed by atoms with van der Waals surface area (Å²) in [6, 6.07) is 12.4. The first-order valence-electron chi connectivity index (χ1n) is 7.77. The highest BCUT2D eigenvalue weighted by Crippen LogP contribution is 2.36. The van der Waals surface area contributed by atoms with Crippen molar-refractivity contribution in [1.29, 1.82) is 0 Å². The van der Waals surface area contributed by atoms with Crippen LogP contribution in [0.1, 0.15) is 51.1 Å². The van der Waals surface area contributed by atoms with E-state index in [2.05, 4.69) is 54.4 Å². The Hall–Kier alpha value is -0.860. The number of hydrogen-bond acceptors (Lipinski definition) is 2. The molecular formula is C17H26N2. The number of nitrogens with zero attached hydrogens (tertiary/aromatic N) is 1. The van der Waals surface area contributed by atoms with Gasteiger partial charge in [0.25, 0.3) is 0 Å². The molecule has 0 bridgehead atoms. The Bertz CT molecular complexity index is 413. The predicted octanol–water partition coefficient (Wildman–Crippen LogP) is 3.35. The second-order valence-electron chi connectivity index (χ2n) is 6.48. The molecule has 2 aliphatic rings. The van der Waals surface area contributed by atoms with E-state index in [1.807, 2.05) is 0 Å². The Morgan fingerprint density at radius 3 is 2.58 bits per heavy atom. The summed E-state index contributed by atoms with van der Waals surface area (Å²) >= 11 is 0. The zero-order valence-corrected chi connectivity index (χ0v) is 12.2. The van der Waals surface area contributed by atoms with Crippen LogP contribution in [0.2, 0.25) is 0 Å². The van der Waals surface area contributed by atoms with E-state index in [1.165, 1.54) is 37.8 Å². The van der Waals surface area contributed by atoms with E-state index >= 15 is 0 Å². The minimum Gasteiger partial charge on any atom is -0.308 e. The van der Waals surface area contributed by atoms with Gasteiger partial charge in [0.15, 0.2) is 0 Å². The molecule has 1 aromatic carbocycles. The van der Waals surface area contributed by atoms with Crippen LogP contribution in [0.5, 0.6) is 0 Å². The fourth-order valence-electron chi connectivity index (χ4n) is 3.35. The lowest BCUT2D eigenvalue weighted by Gasteiger charge is -2.51. The molecule has 1 saturated carbocycles. The third kappa shape index (κ3) is 2.56. The minimum absolute atomic E-state index is 0.293. The lowest BCUT2D eigenvalue weighted by molar-refractivity contribution is 0.0139. The van der Waals surface area contributed by atoms with Gasteiger partial charge in [0, 0.05) is 30.7 Å². The summed E-state index contributed by atoms with van der Waals surface area (Å²) in [6.07, 6.45) is 5.41. The van der Waals surface area contributed by atoms with Crippen LogP contribution < -0.4 is 5.32 Å². The maximum absolute atomic E-state index is 3.79. The summed E-state index contributed by atoms with van der Waals surface area (Å²) < 4.78 is 0. The zero-order valence-electron chi connectivity index (χ0n) is 12.2. The second kappa shape index (κ2) is 5.26. The molecule has 2 nitrogen and oxygen atoms in total. The minimum atomic E-state index is 0.293. The van der Waals surface area contributed by atoms with Crippen LogP contribution in [-0.2, 0) is 0 Å². The van der Waals surface area contributed by atoms with Gasteiger partial charge in [-0.15, -0.1) is 0 Å². The lowest BCUT2D eigenvalue weighted by atomic mass is 9.84. The smallest absolute Gasteiger partial charge is 0.0476 e. The standard InChI is InChI=1S/C17H26N2/c1-3-17(2)13-19(15-10-7-11-15)16(12-18-17)14-8-5-4-6-9-14/h4-6,8-9,15-16,18H,3,7,10-13H2,1-2H3. The van der Waals surface area contributed by atoms with Crippen LogP contribution in [-0.4, -0.2) is 29.6 Å². The SMILES string of the molecule is CCC1(C)CN(C2CCC2)C(c2ccccc2)CN1. The molecule has 1 aliphatic heterocycles. The normalized spacial score (nSPS) is 33.1. The van der Waals surface area contributed by atoms with Gasteiger partial charge >= 0.3 is 0 Å². The lowest BCUT2D eigenvalue weighted by Crippen LogP contribution is -2.62. The highest BCUT2D eigenvalue weighted by molar-refractivity contribution is 5.21. The van der Waals surface area contributed by atoms with Gasteiger partial charge in [0.2, 0.25) is 0 Å². The molecule has 1 aliphatic carbocycles. The largest absolute Gasteiger partial charge is 0.308 e. The van der Waals surface area contributed by atoms with Crippen molar-refractivity contribution in [3.63, 3.8) is 0 Å². The predicted molar refractivity (Wildman–Crippen MR) is 80.2 cm³/mol. The molecular weight excluding hydrogens is 232 g/mol. The quantitative estimate of drug-likeness (QED) is 0.894. The van der Waals surface area contributed by atoms with Gasteiger partial charge in [-0.05, 0) is 31.7 Å². The van der Waals surface area contributed by atoms with Crippen LogP contribution in [0, 0.1) is 0 Å². The molecule has 2 unspecified atom stereocenters. The Morgan fingerprint density at radius 2 is 2.00 bits per heavy atom. The molecule has 104 valence electrons. The van der Waals surface area contributed by atoms with E-state index in [1.54, 1.807) is 0 Å². The first-order chi connectivity index (χ1) is 9.22. The Labute approximate surface area is 117 Å². The molecule has 2 heteroatoms. The Balaban J connectivity index is 1.82. The highest BCUT2D eigenvalue weighted by Gasteiger charge is 2.40. The summed E-state index contributed by atoms with van der Waals surface area (Å²) in [7, 11) is 0. The number of benzene rings is 1. The summed E-state index contributed by atoms with van der Waals surface area (Å²) in [6.45, 7) is 6.95.